The zero-order chi connectivity index (χ0) is 6.91. The molecule has 0 amide bonds. The lowest BCUT2D eigenvalue weighted by molar-refractivity contribution is 0.565. The van der Waals surface area contributed by atoms with Crippen molar-refractivity contribution in [2.24, 2.45) is 5.73 Å². The highest BCUT2D eigenvalue weighted by molar-refractivity contribution is 6.00. The first-order chi connectivity index (χ1) is 4.13. The van der Waals surface area contributed by atoms with E-state index < -0.39 is 0 Å². The summed E-state index contributed by atoms with van der Waals surface area (Å²) in [6, 6.07) is 0. The summed E-state index contributed by atoms with van der Waals surface area (Å²) in [4.78, 5) is 0. The van der Waals surface area contributed by atoms with E-state index in [4.69, 9.17) is 11.1 Å². The maximum Gasteiger partial charge on any atom is 0.0550 e. The van der Waals surface area contributed by atoms with Crippen LogP contribution in [0.1, 0.15) is 19.8 Å². The first kappa shape index (κ1) is 6.49. The van der Waals surface area contributed by atoms with Gasteiger partial charge in [-0.05, 0) is 25.8 Å². The van der Waals surface area contributed by atoms with Gasteiger partial charge in [0.2, 0.25) is 0 Å². The highest BCUT2D eigenvalue weighted by Crippen LogP contribution is 2.16. The summed E-state index contributed by atoms with van der Waals surface area (Å²) >= 11 is 0. The van der Waals surface area contributed by atoms with Crippen molar-refractivity contribution in [3.05, 3.63) is 12.2 Å². The molecular weight excluding hydrogens is 112 g/mol. The van der Waals surface area contributed by atoms with Crippen LogP contribution in [0, 0.1) is 5.41 Å². The first-order valence-electron chi connectivity index (χ1n) is 3.17. The van der Waals surface area contributed by atoms with Gasteiger partial charge in [0, 0.05) is 0 Å². The van der Waals surface area contributed by atoms with Gasteiger partial charge in [-0.2, -0.15) is 0 Å². The van der Waals surface area contributed by atoms with Crippen LogP contribution in [0.2, 0.25) is 0 Å². The van der Waals surface area contributed by atoms with E-state index in [1.807, 2.05) is 13.0 Å². The van der Waals surface area contributed by atoms with E-state index in [9.17, 15) is 0 Å². The second kappa shape index (κ2) is 1.95. The zero-order valence-electron chi connectivity index (χ0n) is 5.65. The van der Waals surface area contributed by atoms with Crippen LogP contribution in [0.4, 0.5) is 0 Å². The highest BCUT2D eigenvalue weighted by atomic mass is 14.8. The van der Waals surface area contributed by atoms with Crippen LogP contribution in [0.25, 0.3) is 0 Å². The molecule has 2 nitrogen and oxygen atoms in total. The van der Waals surface area contributed by atoms with E-state index in [2.05, 4.69) is 0 Å². The number of rotatable bonds is 0. The Kier molecular flexibility index (Phi) is 1.41. The summed E-state index contributed by atoms with van der Waals surface area (Å²) in [5.74, 6) is 0. The predicted molar refractivity (Wildman–Crippen MR) is 38.7 cm³/mol. The van der Waals surface area contributed by atoms with Gasteiger partial charge in [0.25, 0.3) is 0 Å². The van der Waals surface area contributed by atoms with Crippen molar-refractivity contribution < 1.29 is 0 Å². The van der Waals surface area contributed by atoms with E-state index in [0.717, 1.165) is 12.8 Å². The molecule has 9 heavy (non-hydrogen) atoms. The summed E-state index contributed by atoms with van der Waals surface area (Å²) in [5.41, 5.74) is 5.93. The van der Waals surface area contributed by atoms with Gasteiger partial charge in [0.15, 0.2) is 0 Å². The maximum absolute atomic E-state index is 7.38. The average Bonchev–Trinajstić information content (AvgIpc) is 1.77. The Morgan fingerprint density at radius 1 is 1.78 bits per heavy atom. The Hall–Kier alpha value is -0.630. The summed E-state index contributed by atoms with van der Waals surface area (Å²) < 4.78 is 0. The van der Waals surface area contributed by atoms with Crippen LogP contribution in [0.3, 0.4) is 0 Å². The quantitative estimate of drug-likeness (QED) is 0.498. The number of nitrogens with one attached hydrogen (secondary N) is 1. The van der Waals surface area contributed by atoms with Crippen LogP contribution in [-0.2, 0) is 0 Å². The molecule has 50 valence electrons. The molecule has 0 aliphatic heterocycles. The monoisotopic (exact) mass is 124 g/mol. The van der Waals surface area contributed by atoms with Crippen molar-refractivity contribution in [2.75, 3.05) is 0 Å². The van der Waals surface area contributed by atoms with Crippen LogP contribution in [-0.4, -0.2) is 11.3 Å². The molecule has 1 atom stereocenters. The normalized spacial score (nSPS) is 35.1. The summed E-state index contributed by atoms with van der Waals surface area (Å²) in [6.45, 7) is 1.90. The van der Waals surface area contributed by atoms with E-state index >= 15 is 0 Å². The molecule has 3 N–H and O–H groups in total. The van der Waals surface area contributed by atoms with Gasteiger partial charge in [0.1, 0.15) is 0 Å². The minimum Gasteiger partial charge on any atom is -0.320 e. The van der Waals surface area contributed by atoms with E-state index in [0.29, 0.717) is 5.71 Å². The zero-order valence-corrected chi connectivity index (χ0v) is 5.65. The van der Waals surface area contributed by atoms with Crippen molar-refractivity contribution in [1.29, 1.82) is 5.41 Å². The molecule has 0 radical (unpaired) electrons. The third-order valence-electron chi connectivity index (χ3n) is 1.73. The van der Waals surface area contributed by atoms with Crippen LogP contribution in [0.5, 0.6) is 0 Å². The van der Waals surface area contributed by atoms with Gasteiger partial charge in [-0.1, -0.05) is 6.08 Å². The van der Waals surface area contributed by atoms with Crippen LogP contribution < -0.4 is 5.73 Å². The average molecular weight is 124 g/mol. The minimum atomic E-state index is -0.366. The van der Waals surface area contributed by atoms with Crippen molar-refractivity contribution in [1.82, 2.24) is 0 Å². The molecule has 2 heteroatoms. The summed E-state index contributed by atoms with van der Waals surface area (Å²) in [5, 5.41) is 7.38. The predicted octanol–water partition coefficient (Wildman–Crippen LogP) is 1.07. The largest absolute Gasteiger partial charge is 0.320 e. The lowest BCUT2D eigenvalue weighted by Crippen LogP contribution is -2.44. The Morgan fingerprint density at radius 3 is 2.78 bits per heavy atom. The molecule has 0 spiro atoms. The summed E-state index contributed by atoms with van der Waals surface area (Å²) in [6.07, 6.45) is 5.71. The second-order valence-electron chi connectivity index (χ2n) is 2.77. The van der Waals surface area contributed by atoms with Gasteiger partial charge < -0.3 is 11.1 Å². The topological polar surface area (TPSA) is 49.9 Å². The molecule has 1 aliphatic carbocycles. The van der Waals surface area contributed by atoms with Gasteiger partial charge >= 0.3 is 0 Å². The molecule has 0 fully saturated rings. The Bertz CT molecular complexity index is 156. The molecule has 1 unspecified atom stereocenters. The van der Waals surface area contributed by atoms with Crippen molar-refractivity contribution in [3.8, 4) is 0 Å². The molecule has 0 bridgehead atoms. The fraction of sp³-hybridized carbons (Fsp3) is 0.571. The van der Waals surface area contributed by atoms with Gasteiger partial charge in [-0.15, -0.1) is 0 Å². The lowest BCUT2D eigenvalue weighted by Gasteiger charge is -2.25. The Balaban J connectivity index is 2.78. The molecule has 0 heterocycles. The fourth-order valence-corrected chi connectivity index (χ4v) is 0.909. The third kappa shape index (κ3) is 1.19. The Morgan fingerprint density at radius 2 is 2.44 bits per heavy atom. The smallest absolute Gasteiger partial charge is 0.0550 e. The minimum absolute atomic E-state index is 0.366. The molecule has 0 saturated heterocycles. The molecule has 0 saturated carbocycles. The first-order valence-corrected chi connectivity index (χ1v) is 3.17. The van der Waals surface area contributed by atoms with E-state index in [1.54, 1.807) is 6.08 Å². The molecule has 0 aromatic heterocycles. The maximum atomic E-state index is 7.38. The van der Waals surface area contributed by atoms with Crippen molar-refractivity contribution in [2.45, 2.75) is 25.3 Å². The van der Waals surface area contributed by atoms with Crippen molar-refractivity contribution in [3.63, 3.8) is 0 Å². The SMILES string of the molecule is CC1(N)CCC=CC1=N. The van der Waals surface area contributed by atoms with Gasteiger partial charge in [-0.25, -0.2) is 0 Å². The van der Waals surface area contributed by atoms with Gasteiger partial charge in [0.05, 0.1) is 11.3 Å². The number of nitrogens with two attached hydrogens (primary N) is 1. The highest BCUT2D eigenvalue weighted by Gasteiger charge is 2.23. The van der Waals surface area contributed by atoms with Crippen LogP contribution in [0.15, 0.2) is 12.2 Å². The standard InChI is InChI=1S/C7H12N2/c1-7(9)5-3-2-4-6(7)8/h2,4,8H,3,5,9H2,1H3. The molecule has 0 aromatic rings. The summed E-state index contributed by atoms with van der Waals surface area (Å²) in [7, 11) is 0. The Labute approximate surface area is 55.3 Å². The number of allylic oxidation sites excluding steroid dienone is 1. The lowest BCUT2D eigenvalue weighted by atomic mass is 9.87. The van der Waals surface area contributed by atoms with Crippen molar-refractivity contribution >= 4 is 5.71 Å². The third-order valence-corrected chi connectivity index (χ3v) is 1.73. The number of hydrogen-bond donors (Lipinski definition) is 2. The molecule has 0 aromatic carbocycles. The second-order valence-corrected chi connectivity index (χ2v) is 2.77. The molecule has 1 rings (SSSR count). The van der Waals surface area contributed by atoms with Gasteiger partial charge in [-0.3, -0.25) is 0 Å². The van der Waals surface area contributed by atoms with E-state index in [-0.39, 0.29) is 5.54 Å². The fourth-order valence-electron chi connectivity index (χ4n) is 0.909. The number of hydrogen-bond acceptors (Lipinski definition) is 2. The molecule has 1 aliphatic rings. The van der Waals surface area contributed by atoms with Crippen LogP contribution >= 0.6 is 0 Å². The molecular formula is C7H12N2. The van der Waals surface area contributed by atoms with E-state index in [1.165, 1.54) is 0 Å².